The predicted octanol–water partition coefficient (Wildman–Crippen LogP) is 5.70. The molecule has 0 spiro atoms. The Hall–Kier alpha value is -1.03. The van der Waals surface area contributed by atoms with Gasteiger partial charge in [-0.1, -0.05) is 37.6 Å². The van der Waals surface area contributed by atoms with Crippen LogP contribution in [0.25, 0.3) is 0 Å². The van der Waals surface area contributed by atoms with E-state index >= 15 is 0 Å². The summed E-state index contributed by atoms with van der Waals surface area (Å²) in [6.45, 7) is 7.10. The number of hydrogen-bond donors (Lipinski definition) is 1. The first-order valence-electron chi connectivity index (χ1n) is 6.91. The number of hydrogen-bond acceptors (Lipinski definition) is 2. The van der Waals surface area contributed by atoms with E-state index in [9.17, 15) is 0 Å². The highest BCUT2D eigenvalue weighted by Crippen LogP contribution is 2.34. The van der Waals surface area contributed by atoms with Crippen molar-refractivity contribution in [1.29, 1.82) is 0 Å². The molecule has 0 amide bonds. The summed E-state index contributed by atoms with van der Waals surface area (Å²) < 4.78 is 6.79. The van der Waals surface area contributed by atoms with Crippen molar-refractivity contribution < 1.29 is 4.74 Å². The van der Waals surface area contributed by atoms with Crippen LogP contribution >= 0.6 is 27.5 Å². The maximum absolute atomic E-state index is 6.20. The molecule has 2 nitrogen and oxygen atoms in total. The first-order valence-corrected chi connectivity index (χ1v) is 8.08. The van der Waals surface area contributed by atoms with E-state index in [1.807, 2.05) is 31.2 Å². The number of rotatable bonds is 5. The van der Waals surface area contributed by atoms with Crippen LogP contribution in [0, 0.1) is 6.92 Å². The molecule has 0 heterocycles. The summed E-state index contributed by atoms with van der Waals surface area (Å²) in [5, 5.41) is 4.01. The quantitative estimate of drug-likeness (QED) is 0.730. The molecule has 0 atom stereocenters. The molecular formula is C17H19BrClNO. The van der Waals surface area contributed by atoms with Gasteiger partial charge in [0.1, 0.15) is 11.5 Å². The van der Waals surface area contributed by atoms with Gasteiger partial charge in [0.25, 0.3) is 0 Å². The first kappa shape index (κ1) is 16.3. The molecule has 4 heteroatoms. The first-order chi connectivity index (χ1) is 9.95. The Kier molecular flexibility index (Phi) is 5.68. The summed E-state index contributed by atoms with van der Waals surface area (Å²) in [7, 11) is 0. The number of nitrogens with one attached hydrogen (secondary N) is 1. The molecular weight excluding hydrogens is 350 g/mol. The van der Waals surface area contributed by atoms with Crippen LogP contribution in [0.5, 0.6) is 11.5 Å². The van der Waals surface area contributed by atoms with Gasteiger partial charge in [-0.2, -0.15) is 0 Å². The van der Waals surface area contributed by atoms with E-state index in [2.05, 4.69) is 47.2 Å². The third-order valence-electron chi connectivity index (χ3n) is 3.02. The zero-order valence-corrected chi connectivity index (χ0v) is 14.8. The van der Waals surface area contributed by atoms with Crippen molar-refractivity contribution in [3.05, 3.63) is 57.0 Å². The Morgan fingerprint density at radius 2 is 1.86 bits per heavy atom. The van der Waals surface area contributed by atoms with Crippen molar-refractivity contribution in [3.8, 4) is 11.5 Å². The van der Waals surface area contributed by atoms with Crippen molar-refractivity contribution in [2.45, 2.75) is 33.4 Å². The van der Waals surface area contributed by atoms with Gasteiger partial charge in [-0.3, -0.25) is 0 Å². The van der Waals surface area contributed by atoms with Gasteiger partial charge in [0.15, 0.2) is 0 Å². The lowest BCUT2D eigenvalue weighted by molar-refractivity contribution is 0.479. The Morgan fingerprint density at radius 3 is 2.48 bits per heavy atom. The van der Waals surface area contributed by atoms with Crippen LogP contribution in [0.1, 0.15) is 25.0 Å². The highest BCUT2D eigenvalue weighted by Gasteiger charge is 2.07. The monoisotopic (exact) mass is 367 g/mol. The average molecular weight is 369 g/mol. The van der Waals surface area contributed by atoms with E-state index in [-0.39, 0.29) is 0 Å². The maximum atomic E-state index is 6.20. The van der Waals surface area contributed by atoms with E-state index in [1.165, 1.54) is 5.56 Å². The zero-order valence-electron chi connectivity index (χ0n) is 12.4. The number of aryl methyl sites for hydroxylation is 1. The third-order valence-corrected chi connectivity index (χ3v) is 3.93. The fourth-order valence-corrected chi connectivity index (χ4v) is 2.65. The van der Waals surface area contributed by atoms with E-state index in [0.29, 0.717) is 16.8 Å². The van der Waals surface area contributed by atoms with Crippen LogP contribution in [-0.2, 0) is 6.54 Å². The van der Waals surface area contributed by atoms with Crippen LogP contribution in [0.15, 0.2) is 40.9 Å². The molecule has 0 aromatic heterocycles. The molecule has 0 aliphatic carbocycles. The van der Waals surface area contributed by atoms with Gasteiger partial charge < -0.3 is 10.1 Å². The molecule has 0 saturated heterocycles. The molecule has 1 N–H and O–H groups in total. The minimum Gasteiger partial charge on any atom is -0.455 e. The fourth-order valence-electron chi connectivity index (χ4n) is 1.87. The molecule has 0 radical (unpaired) electrons. The number of halogens is 2. The molecule has 21 heavy (non-hydrogen) atoms. The van der Waals surface area contributed by atoms with Crippen molar-refractivity contribution in [3.63, 3.8) is 0 Å². The van der Waals surface area contributed by atoms with Crippen molar-refractivity contribution in [1.82, 2.24) is 5.32 Å². The van der Waals surface area contributed by atoms with Crippen LogP contribution in [0.3, 0.4) is 0 Å². The van der Waals surface area contributed by atoms with Gasteiger partial charge in [-0.05, 0) is 58.2 Å². The van der Waals surface area contributed by atoms with Crippen LogP contribution in [0.2, 0.25) is 5.02 Å². The minimum absolute atomic E-state index is 0.464. The molecule has 2 aromatic carbocycles. The van der Waals surface area contributed by atoms with Crippen LogP contribution < -0.4 is 10.1 Å². The topological polar surface area (TPSA) is 21.3 Å². The predicted molar refractivity (Wildman–Crippen MR) is 92.4 cm³/mol. The summed E-state index contributed by atoms with van der Waals surface area (Å²) in [6.07, 6.45) is 0. The Morgan fingerprint density at radius 1 is 1.14 bits per heavy atom. The minimum atomic E-state index is 0.464. The zero-order chi connectivity index (χ0) is 15.4. The average Bonchev–Trinajstić information content (AvgIpc) is 2.42. The number of ether oxygens (including phenoxy) is 1. The molecule has 0 bridgehead atoms. The molecule has 0 fully saturated rings. The summed E-state index contributed by atoms with van der Waals surface area (Å²) in [5.74, 6) is 1.42. The number of benzene rings is 2. The SMILES string of the molecule is Cc1ccc(Oc2ccc(CNC(C)C)cc2Br)c(Cl)c1. The van der Waals surface area contributed by atoms with E-state index < -0.39 is 0 Å². The summed E-state index contributed by atoms with van der Waals surface area (Å²) in [5.41, 5.74) is 2.32. The molecule has 2 aromatic rings. The van der Waals surface area contributed by atoms with Gasteiger partial charge in [0.05, 0.1) is 9.50 Å². The maximum Gasteiger partial charge on any atom is 0.146 e. The lowest BCUT2D eigenvalue weighted by atomic mass is 10.2. The van der Waals surface area contributed by atoms with Gasteiger partial charge in [-0.15, -0.1) is 0 Å². The van der Waals surface area contributed by atoms with Gasteiger partial charge >= 0.3 is 0 Å². The second-order valence-corrected chi connectivity index (χ2v) is 6.60. The molecule has 2 rings (SSSR count). The van der Waals surface area contributed by atoms with E-state index in [4.69, 9.17) is 16.3 Å². The molecule has 0 aliphatic rings. The molecule has 0 saturated carbocycles. The lowest BCUT2D eigenvalue weighted by Gasteiger charge is -2.12. The third kappa shape index (κ3) is 4.73. The largest absolute Gasteiger partial charge is 0.455 e. The summed E-state index contributed by atoms with van der Waals surface area (Å²) in [4.78, 5) is 0. The molecule has 0 unspecified atom stereocenters. The normalized spacial score (nSPS) is 11.0. The standard InChI is InChI=1S/C17H19BrClNO/c1-11(2)20-10-13-5-7-16(14(18)9-13)21-17-6-4-12(3)8-15(17)19/h4-9,11,20H,10H2,1-3H3. The molecule has 0 aliphatic heterocycles. The lowest BCUT2D eigenvalue weighted by Crippen LogP contribution is -2.21. The summed E-state index contributed by atoms with van der Waals surface area (Å²) >= 11 is 9.75. The van der Waals surface area contributed by atoms with Crippen molar-refractivity contribution in [2.24, 2.45) is 0 Å². The van der Waals surface area contributed by atoms with Gasteiger partial charge in [0, 0.05) is 12.6 Å². The highest BCUT2D eigenvalue weighted by molar-refractivity contribution is 9.10. The van der Waals surface area contributed by atoms with Crippen molar-refractivity contribution >= 4 is 27.5 Å². The Balaban J connectivity index is 2.13. The van der Waals surface area contributed by atoms with E-state index in [0.717, 1.165) is 22.3 Å². The van der Waals surface area contributed by atoms with Crippen molar-refractivity contribution in [2.75, 3.05) is 0 Å². The van der Waals surface area contributed by atoms with E-state index in [1.54, 1.807) is 0 Å². The Bertz CT molecular complexity index is 628. The van der Waals surface area contributed by atoms with Crippen LogP contribution in [0.4, 0.5) is 0 Å². The summed E-state index contributed by atoms with van der Waals surface area (Å²) in [6, 6.07) is 12.3. The van der Waals surface area contributed by atoms with Crippen LogP contribution in [-0.4, -0.2) is 6.04 Å². The molecule has 112 valence electrons. The second-order valence-electron chi connectivity index (χ2n) is 5.34. The second kappa shape index (κ2) is 7.30. The highest BCUT2D eigenvalue weighted by atomic mass is 79.9. The Labute approximate surface area is 139 Å². The fraction of sp³-hybridized carbons (Fsp3) is 0.294. The smallest absolute Gasteiger partial charge is 0.146 e. The van der Waals surface area contributed by atoms with Gasteiger partial charge in [-0.25, -0.2) is 0 Å². The van der Waals surface area contributed by atoms with Gasteiger partial charge in [0.2, 0.25) is 0 Å².